The monoisotopic (exact) mass is 440 g/mol. The Hall–Kier alpha value is -2.98. The number of nitrogens with zero attached hydrogens (tertiary/aromatic N) is 1. The van der Waals surface area contributed by atoms with Gasteiger partial charge in [-0.2, -0.15) is 17.5 Å². The standard InChI is InChI=1S/C20H19F3N2O4S/c1-3-11-25(13-19(27)24-17-9-7-15(8-10-17)14(2)26)30(28,29)18-6-4-5-16(12-18)20(21,22)23/h3-10,12H,1,11,13H2,2H3,(H,24,27). The maximum absolute atomic E-state index is 12.9. The number of Topliss-reactive ketones (excluding diaryl/α,β-unsaturated/α-hetero) is 1. The summed E-state index contributed by atoms with van der Waals surface area (Å²) in [6.07, 6.45) is -3.49. The molecular weight excluding hydrogens is 421 g/mol. The second kappa shape index (κ2) is 9.23. The maximum Gasteiger partial charge on any atom is 0.416 e. The van der Waals surface area contributed by atoms with Gasteiger partial charge in [0, 0.05) is 17.8 Å². The van der Waals surface area contributed by atoms with E-state index in [9.17, 15) is 31.2 Å². The lowest BCUT2D eigenvalue weighted by Gasteiger charge is -2.21. The van der Waals surface area contributed by atoms with Gasteiger partial charge in [0.05, 0.1) is 17.0 Å². The van der Waals surface area contributed by atoms with Crippen LogP contribution in [-0.2, 0) is 21.0 Å². The van der Waals surface area contributed by atoms with Crippen molar-refractivity contribution in [3.63, 3.8) is 0 Å². The van der Waals surface area contributed by atoms with Crippen molar-refractivity contribution >= 4 is 27.4 Å². The number of nitrogens with one attached hydrogen (secondary N) is 1. The van der Waals surface area contributed by atoms with Crippen molar-refractivity contribution in [2.24, 2.45) is 0 Å². The van der Waals surface area contributed by atoms with Crippen LogP contribution in [0.1, 0.15) is 22.8 Å². The number of carbonyl (C=O) groups excluding carboxylic acids is 2. The molecule has 0 atom stereocenters. The number of ketones is 1. The Labute approximate surface area is 172 Å². The topological polar surface area (TPSA) is 83.6 Å². The fourth-order valence-electron chi connectivity index (χ4n) is 2.52. The Balaban J connectivity index is 2.22. The van der Waals surface area contributed by atoms with E-state index in [0.29, 0.717) is 17.3 Å². The van der Waals surface area contributed by atoms with Crippen molar-refractivity contribution in [3.05, 3.63) is 72.3 Å². The van der Waals surface area contributed by atoms with Crippen molar-refractivity contribution in [1.29, 1.82) is 0 Å². The summed E-state index contributed by atoms with van der Waals surface area (Å²) in [5, 5.41) is 2.49. The molecule has 0 radical (unpaired) electrons. The van der Waals surface area contributed by atoms with Crippen LogP contribution in [0.5, 0.6) is 0 Å². The lowest BCUT2D eigenvalue weighted by Crippen LogP contribution is -2.38. The van der Waals surface area contributed by atoms with Crippen LogP contribution in [0.2, 0.25) is 0 Å². The lowest BCUT2D eigenvalue weighted by molar-refractivity contribution is -0.137. The van der Waals surface area contributed by atoms with Crippen LogP contribution in [0.15, 0.2) is 66.1 Å². The first kappa shape index (κ1) is 23.3. The van der Waals surface area contributed by atoms with Crippen molar-refractivity contribution in [3.8, 4) is 0 Å². The number of alkyl halides is 3. The van der Waals surface area contributed by atoms with Gasteiger partial charge in [-0.1, -0.05) is 12.1 Å². The summed E-state index contributed by atoms with van der Waals surface area (Å²) in [4.78, 5) is 23.0. The van der Waals surface area contributed by atoms with Crippen molar-refractivity contribution in [1.82, 2.24) is 4.31 Å². The van der Waals surface area contributed by atoms with Gasteiger partial charge in [0.2, 0.25) is 15.9 Å². The molecule has 0 fully saturated rings. The Bertz CT molecular complexity index is 1050. The number of amides is 1. The average molecular weight is 440 g/mol. The highest BCUT2D eigenvalue weighted by Gasteiger charge is 2.33. The first-order chi connectivity index (χ1) is 13.9. The zero-order valence-electron chi connectivity index (χ0n) is 15.9. The number of rotatable bonds is 8. The molecule has 0 saturated heterocycles. The molecule has 0 unspecified atom stereocenters. The minimum Gasteiger partial charge on any atom is -0.325 e. The van der Waals surface area contributed by atoms with Gasteiger partial charge in [0.15, 0.2) is 5.78 Å². The van der Waals surface area contributed by atoms with Gasteiger partial charge in [-0.05, 0) is 49.4 Å². The summed E-state index contributed by atoms with van der Waals surface area (Å²) >= 11 is 0. The van der Waals surface area contributed by atoms with Crippen LogP contribution >= 0.6 is 0 Å². The van der Waals surface area contributed by atoms with E-state index in [1.165, 1.54) is 37.3 Å². The zero-order chi connectivity index (χ0) is 22.5. The third-order valence-electron chi connectivity index (χ3n) is 4.03. The highest BCUT2D eigenvalue weighted by Crippen LogP contribution is 2.31. The maximum atomic E-state index is 12.9. The fraction of sp³-hybridized carbons (Fsp3) is 0.200. The molecule has 0 aromatic heterocycles. The fourth-order valence-corrected chi connectivity index (χ4v) is 3.94. The largest absolute Gasteiger partial charge is 0.416 e. The zero-order valence-corrected chi connectivity index (χ0v) is 16.8. The molecule has 0 spiro atoms. The van der Waals surface area contributed by atoms with Crippen LogP contribution in [0.3, 0.4) is 0 Å². The first-order valence-electron chi connectivity index (χ1n) is 8.64. The van der Waals surface area contributed by atoms with Gasteiger partial charge in [-0.15, -0.1) is 6.58 Å². The van der Waals surface area contributed by atoms with Gasteiger partial charge >= 0.3 is 6.18 Å². The molecule has 1 amide bonds. The van der Waals surface area contributed by atoms with Gasteiger partial charge in [-0.3, -0.25) is 9.59 Å². The van der Waals surface area contributed by atoms with E-state index in [0.717, 1.165) is 22.5 Å². The van der Waals surface area contributed by atoms with Crippen molar-refractivity contribution in [2.45, 2.75) is 18.0 Å². The first-order valence-corrected chi connectivity index (χ1v) is 10.1. The Morgan fingerprint density at radius 3 is 2.30 bits per heavy atom. The molecule has 160 valence electrons. The third kappa shape index (κ3) is 5.77. The molecular formula is C20H19F3N2O4S. The molecule has 2 rings (SSSR count). The molecule has 0 bridgehead atoms. The second-order valence-corrected chi connectivity index (χ2v) is 8.23. The molecule has 0 saturated carbocycles. The molecule has 1 N–H and O–H groups in total. The van der Waals surface area contributed by atoms with Crippen LogP contribution in [-0.4, -0.2) is 37.5 Å². The molecule has 0 aliphatic rings. The van der Waals surface area contributed by atoms with Gasteiger partial charge in [0.1, 0.15) is 0 Å². The van der Waals surface area contributed by atoms with Gasteiger partial charge < -0.3 is 5.32 Å². The number of benzene rings is 2. The summed E-state index contributed by atoms with van der Waals surface area (Å²) in [5.74, 6) is -0.861. The minimum atomic E-state index is -4.71. The molecule has 0 aliphatic heterocycles. The van der Waals surface area contributed by atoms with Gasteiger partial charge in [-0.25, -0.2) is 8.42 Å². The molecule has 10 heteroatoms. The summed E-state index contributed by atoms with van der Waals surface area (Å²) in [6, 6.07) is 9.24. The highest BCUT2D eigenvalue weighted by atomic mass is 32.2. The molecule has 6 nitrogen and oxygen atoms in total. The van der Waals surface area contributed by atoms with Crippen LogP contribution in [0.25, 0.3) is 0 Å². The SMILES string of the molecule is C=CCN(CC(=O)Nc1ccc(C(C)=O)cc1)S(=O)(=O)c1cccc(C(F)(F)F)c1. The molecule has 2 aromatic carbocycles. The predicted molar refractivity (Wildman–Crippen MR) is 105 cm³/mol. The molecule has 0 aliphatic carbocycles. The lowest BCUT2D eigenvalue weighted by atomic mass is 10.1. The second-order valence-electron chi connectivity index (χ2n) is 6.29. The molecule has 2 aromatic rings. The van der Waals surface area contributed by atoms with E-state index in [1.54, 1.807) is 0 Å². The summed E-state index contributed by atoms with van der Waals surface area (Å²) in [5.41, 5.74) is -0.342. The Morgan fingerprint density at radius 1 is 1.13 bits per heavy atom. The molecule has 0 heterocycles. The van der Waals surface area contributed by atoms with Crippen LogP contribution < -0.4 is 5.32 Å². The highest BCUT2D eigenvalue weighted by molar-refractivity contribution is 7.89. The van der Waals surface area contributed by atoms with E-state index in [4.69, 9.17) is 0 Å². The quantitative estimate of drug-likeness (QED) is 0.501. The number of carbonyl (C=O) groups is 2. The van der Waals surface area contributed by atoms with Crippen molar-refractivity contribution < 1.29 is 31.2 Å². The van der Waals surface area contributed by atoms with E-state index in [1.807, 2.05) is 0 Å². The summed E-state index contributed by atoms with van der Waals surface area (Å²) in [7, 11) is -4.39. The van der Waals surface area contributed by atoms with Crippen LogP contribution in [0, 0.1) is 0 Å². The van der Waals surface area contributed by atoms with Gasteiger partial charge in [0.25, 0.3) is 0 Å². The third-order valence-corrected chi connectivity index (χ3v) is 5.83. The Kier molecular flexibility index (Phi) is 7.16. The Morgan fingerprint density at radius 2 is 1.77 bits per heavy atom. The smallest absolute Gasteiger partial charge is 0.325 e. The van der Waals surface area contributed by atoms with Crippen LogP contribution in [0.4, 0.5) is 18.9 Å². The number of halogens is 3. The number of hydrogen-bond donors (Lipinski definition) is 1. The number of hydrogen-bond acceptors (Lipinski definition) is 4. The summed E-state index contributed by atoms with van der Waals surface area (Å²) in [6.45, 7) is 3.90. The van der Waals surface area contributed by atoms with E-state index in [2.05, 4.69) is 11.9 Å². The summed E-state index contributed by atoms with van der Waals surface area (Å²) < 4.78 is 65.1. The minimum absolute atomic E-state index is 0.155. The number of sulfonamides is 1. The van der Waals surface area contributed by atoms with E-state index < -0.39 is 39.1 Å². The molecule has 30 heavy (non-hydrogen) atoms. The van der Waals surface area contributed by atoms with E-state index >= 15 is 0 Å². The van der Waals surface area contributed by atoms with Crippen molar-refractivity contribution in [2.75, 3.05) is 18.4 Å². The average Bonchev–Trinajstić information content (AvgIpc) is 2.67. The number of anilines is 1. The van der Waals surface area contributed by atoms with E-state index in [-0.39, 0.29) is 12.3 Å². The normalized spacial score (nSPS) is 11.9. The predicted octanol–water partition coefficient (Wildman–Crippen LogP) is 3.72.